The molecule has 0 spiro atoms. The van der Waals surface area contributed by atoms with E-state index in [-0.39, 0.29) is 46.4 Å². The Balaban J connectivity index is 1.43. The number of hydrogen-bond donors (Lipinski definition) is 3. The van der Waals surface area contributed by atoms with Crippen LogP contribution in [0.15, 0.2) is 0 Å². The molecule has 38 heavy (non-hydrogen) atoms. The highest BCUT2D eigenvalue weighted by atomic mass is 35.5. The molecule has 1 amide bonds. The molecule has 9 atom stereocenters. The summed E-state index contributed by atoms with van der Waals surface area (Å²) >= 11 is 19.1. The van der Waals surface area contributed by atoms with Crippen molar-refractivity contribution >= 4 is 40.7 Å². The highest BCUT2D eigenvalue weighted by Crippen LogP contribution is 2.37. The van der Waals surface area contributed by atoms with Gasteiger partial charge in [-0.1, -0.05) is 24.7 Å². The summed E-state index contributed by atoms with van der Waals surface area (Å²) in [7, 11) is 0. The molecule has 4 aliphatic rings. The van der Waals surface area contributed by atoms with E-state index in [0.717, 1.165) is 70.6 Å². The topological polar surface area (TPSA) is 82.0 Å². The van der Waals surface area contributed by atoms with Gasteiger partial charge in [-0.15, -0.1) is 34.8 Å². The summed E-state index contributed by atoms with van der Waals surface area (Å²) in [6.07, 6.45) is 9.66. The lowest BCUT2D eigenvalue weighted by molar-refractivity contribution is -0.184. The highest BCUT2D eigenvalue weighted by molar-refractivity contribution is 6.24. The van der Waals surface area contributed by atoms with E-state index >= 15 is 0 Å². The Kier molecular flexibility index (Phi) is 11.8. The van der Waals surface area contributed by atoms with Gasteiger partial charge in [0.05, 0.1) is 12.7 Å². The molecule has 1 saturated heterocycles. The molecule has 3 aliphatic carbocycles. The predicted molar refractivity (Wildman–Crippen MR) is 152 cm³/mol. The molecule has 1 aliphatic heterocycles. The van der Waals surface area contributed by atoms with Crippen LogP contribution in [0.3, 0.4) is 0 Å². The molecular weight excluding hydrogens is 547 g/mol. The average Bonchev–Trinajstić information content (AvgIpc) is 3.27. The van der Waals surface area contributed by atoms with Crippen LogP contribution in [-0.2, 0) is 9.63 Å². The average molecular weight is 592 g/mol. The zero-order valence-electron chi connectivity index (χ0n) is 22.5. The Morgan fingerprint density at radius 3 is 2.39 bits per heavy atom. The van der Waals surface area contributed by atoms with Gasteiger partial charge in [-0.2, -0.15) is 5.06 Å². The molecule has 5 unspecified atom stereocenters. The Morgan fingerprint density at radius 1 is 1.00 bits per heavy atom. The van der Waals surface area contributed by atoms with E-state index in [1.807, 2.05) is 0 Å². The fourth-order valence-electron chi connectivity index (χ4n) is 6.86. The summed E-state index contributed by atoms with van der Waals surface area (Å²) in [5.74, 6) is 7.58. The Hall–Kier alpha value is -0.260. The van der Waals surface area contributed by atoms with Crippen LogP contribution in [0.5, 0.6) is 0 Å². The molecular formula is C29H45Cl3N2O4. The van der Waals surface area contributed by atoms with Crippen molar-refractivity contribution in [1.29, 1.82) is 0 Å². The lowest BCUT2D eigenvalue weighted by Gasteiger charge is -2.34. The second kappa shape index (κ2) is 14.6. The fourth-order valence-corrected chi connectivity index (χ4v) is 7.95. The molecule has 9 heteroatoms. The summed E-state index contributed by atoms with van der Waals surface area (Å²) < 4.78 is 0. The van der Waals surface area contributed by atoms with Crippen molar-refractivity contribution in [3.05, 3.63) is 0 Å². The summed E-state index contributed by atoms with van der Waals surface area (Å²) in [4.78, 5) is 19.8. The van der Waals surface area contributed by atoms with E-state index in [9.17, 15) is 15.0 Å². The summed E-state index contributed by atoms with van der Waals surface area (Å²) in [6.45, 7) is 2.44. The number of rotatable bonds is 7. The van der Waals surface area contributed by atoms with Gasteiger partial charge in [-0.05, 0) is 76.5 Å². The largest absolute Gasteiger partial charge is 0.394 e. The Morgan fingerprint density at radius 2 is 1.71 bits per heavy atom. The number of carbonyl (C=O) groups is 1. The van der Waals surface area contributed by atoms with E-state index in [1.54, 1.807) is 12.0 Å². The van der Waals surface area contributed by atoms with E-state index < -0.39 is 24.2 Å². The first kappa shape index (κ1) is 30.7. The quantitative estimate of drug-likeness (QED) is 0.295. The molecule has 0 aromatic rings. The van der Waals surface area contributed by atoms with Crippen LogP contribution in [0.1, 0.15) is 77.6 Å². The third-order valence-electron chi connectivity index (χ3n) is 9.22. The van der Waals surface area contributed by atoms with Crippen molar-refractivity contribution in [3.8, 4) is 11.8 Å². The number of hydrogen-bond acceptors (Lipinski definition) is 5. The Bertz CT molecular complexity index is 828. The minimum absolute atomic E-state index is 0.0682. The van der Waals surface area contributed by atoms with Gasteiger partial charge in [0, 0.05) is 47.0 Å². The van der Waals surface area contributed by atoms with Crippen molar-refractivity contribution in [1.82, 2.24) is 10.4 Å². The van der Waals surface area contributed by atoms with Crippen molar-refractivity contribution in [2.75, 3.05) is 19.7 Å². The maximum absolute atomic E-state index is 13.6. The van der Waals surface area contributed by atoms with Crippen molar-refractivity contribution in [2.45, 2.75) is 112 Å². The predicted octanol–water partition coefficient (Wildman–Crippen LogP) is 4.70. The molecule has 3 N–H and O–H groups in total. The zero-order valence-corrected chi connectivity index (χ0v) is 24.8. The van der Waals surface area contributed by atoms with E-state index in [0.29, 0.717) is 19.0 Å². The summed E-state index contributed by atoms with van der Waals surface area (Å²) in [5, 5.41) is 25.8. The van der Waals surface area contributed by atoms with E-state index in [4.69, 9.17) is 39.6 Å². The van der Waals surface area contributed by atoms with Crippen LogP contribution in [0.2, 0.25) is 0 Å². The molecule has 0 aromatic heterocycles. The van der Waals surface area contributed by atoms with Crippen molar-refractivity contribution < 1.29 is 19.8 Å². The van der Waals surface area contributed by atoms with Gasteiger partial charge in [-0.3, -0.25) is 9.63 Å². The van der Waals surface area contributed by atoms with Gasteiger partial charge in [0.2, 0.25) is 5.91 Å². The molecule has 4 fully saturated rings. The molecule has 3 saturated carbocycles. The minimum atomic E-state index is -0.806. The number of hydroxylamine groups is 2. The minimum Gasteiger partial charge on any atom is -0.394 e. The molecule has 0 bridgehead atoms. The third-order valence-corrected chi connectivity index (χ3v) is 10.6. The lowest BCUT2D eigenvalue weighted by Crippen LogP contribution is -2.52. The first-order valence-electron chi connectivity index (χ1n) is 14.7. The van der Waals surface area contributed by atoms with Crippen molar-refractivity contribution in [2.24, 2.45) is 29.6 Å². The van der Waals surface area contributed by atoms with Gasteiger partial charge in [0.25, 0.3) is 0 Å². The van der Waals surface area contributed by atoms with Crippen molar-refractivity contribution in [3.63, 3.8) is 0 Å². The summed E-state index contributed by atoms with van der Waals surface area (Å²) in [6, 6.07) is -0.681. The monoisotopic (exact) mass is 590 g/mol. The molecule has 0 radical (unpaired) electrons. The third kappa shape index (κ3) is 7.93. The maximum Gasteiger partial charge on any atom is 0.240 e. The van der Waals surface area contributed by atoms with Crippen LogP contribution in [0, 0.1) is 41.4 Å². The second-order valence-electron chi connectivity index (χ2n) is 12.0. The molecule has 6 nitrogen and oxygen atoms in total. The smallest absolute Gasteiger partial charge is 0.240 e. The number of aliphatic hydroxyl groups is 2. The maximum atomic E-state index is 13.6. The van der Waals surface area contributed by atoms with Crippen LogP contribution in [-0.4, -0.2) is 75.3 Å². The van der Waals surface area contributed by atoms with Gasteiger partial charge in [0.15, 0.2) is 0 Å². The lowest BCUT2D eigenvalue weighted by atomic mass is 9.78. The Labute approximate surface area is 243 Å². The molecule has 1 heterocycles. The fraction of sp³-hybridized carbons (Fsp3) is 0.897. The van der Waals surface area contributed by atoms with Crippen LogP contribution < -0.4 is 5.32 Å². The first-order chi connectivity index (χ1) is 18.3. The SMILES string of the molecule is C[C@H](O)[C@@H]1[C@H](CO)ON(CC2CCCCC2C#CC2CCC(Cl)CC2)[C@@H]1C(=O)NCC1CCC(Cl)CC1Cl. The molecule has 4 rings (SSSR count). The number of halogens is 3. The summed E-state index contributed by atoms with van der Waals surface area (Å²) in [5.41, 5.74) is 0. The standard InChI is InChI=1S/C29H45Cl3N2O4/c1-18(36)27-26(17-35)38-34(28(27)29(37)33-15-21-10-13-24(31)14-25(21)32)16-22-5-3-2-4-20(22)9-6-19-7-11-23(30)12-8-19/h18-28,35-36H,2-5,7-8,10-17H2,1H3,(H,33,37)/t18-,19?,20?,21?,22?,23?,24?,25?,26-,27+,28-/m0/s1. The normalized spacial score (nSPS) is 41.2. The van der Waals surface area contributed by atoms with Gasteiger partial charge in [-0.25, -0.2) is 0 Å². The number of aliphatic hydroxyl groups excluding tert-OH is 2. The number of alkyl halides is 3. The van der Waals surface area contributed by atoms with Crippen LogP contribution in [0.4, 0.5) is 0 Å². The number of carbonyl (C=O) groups excluding carboxylic acids is 1. The number of nitrogens with one attached hydrogen (secondary N) is 1. The zero-order chi connectivity index (χ0) is 27.2. The van der Waals surface area contributed by atoms with Crippen LogP contribution >= 0.6 is 34.8 Å². The van der Waals surface area contributed by atoms with Crippen LogP contribution in [0.25, 0.3) is 0 Å². The molecule has 216 valence electrons. The second-order valence-corrected chi connectivity index (χ2v) is 13.8. The van der Waals surface area contributed by atoms with Gasteiger partial charge >= 0.3 is 0 Å². The van der Waals surface area contributed by atoms with Gasteiger partial charge < -0.3 is 15.5 Å². The van der Waals surface area contributed by atoms with Gasteiger partial charge in [0.1, 0.15) is 12.1 Å². The van der Waals surface area contributed by atoms with E-state index in [2.05, 4.69) is 17.2 Å². The number of amides is 1. The number of nitrogens with zero attached hydrogens (tertiary/aromatic N) is 1. The van der Waals surface area contributed by atoms with E-state index in [1.165, 1.54) is 0 Å². The highest BCUT2D eigenvalue weighted by Gasteiger charge is 2.50. The molecule has 0 aromatic carbocycles. The first-order valence-corrected chi connectivity index (χ1v) is 16.0.